The number of para-hydroxylation sites is 1. The summed E-state index contributed by atoms with van der Waals surface area (Å²) in [5.41, 5.74) is 1.05. The number of hydrogen-bond donors (Lipinski definition) is 1. The Morgan fingerprint density at radius 1 is 1.14 bits per heavy atom. The molecule has 0 aliphatic rings. The van der Waals surface area contributed by atoms with Crippen molar-refractivity contribution in [2.45, 2.75) is 12.8 Å². The van der Waals surface area contributed by atoms with E-state index < -0.39 is 5.82 Å². The van der Waals surface area contributed by atoms with E-state index in [4.69, 9.17) is 9.47 Å². The summed E-state index contributed by atoms with van der Waals surface area (Å²) in [6.07, 6.45) is 0.693. The van der Waals surface area contributed by atoms with Gasteiger partial charge in [0.25, 0.3) is 0 Å². The third-order valence-electron chi connectivity index (χ3n) is 3.26. The zero-order valence-corrected chi connectivity index (χ0v) is 12.6. The first kappa shape index (κ1) is 15.8. The van der Waals surface area contributed by atoms with Gasteiger partial charge < -0.3 is 14.8 Å². The summed E-state index contributed by atoms with van der Waals surface area (Å²) in [6, 6.07) is 11.5. The molecule has 116 valence electrons. The zero-order valence-electron chi connectivity index (χ0n) is 12.6. The normalized spacial score (nSPS) is 10.1. The van der Waals surface area contributed by atoms with Crippen molar-refractivity contribution in [3.63, 3.8) is 0 Å². The van der Waals surface area contributed by atoms with E-state index in [1.807, 2.05) is 6.07 Å². The van der Waals surface area contributed by atoms with Crippen LogP contribution in [0, 0.1) is 5.82 Å². The lowest BCUT2D eigenvalue weighted by atomic mass is 10.1. The van der Waals surface area contributed by atoms with Gasteiger partial charge in [0, 0.05) is 6.42 Å². The lowest BCUT2D eigenvalue weighted by molar-refractivity contribution is -0.116. The van der Waals surface area contributed by atoms with E-state index in [2.05, 4.69) is 5.32 Å². The molecular formula is C17H18FNO3. The SMILES string of the molecule is COc1ccc(OC)c(CCC(=O)Nc2ccccc2F)c1. The number of carbonyl (C=O) groups is 1. The summed E-state index contributed by atoms with van der Waals surface area (Å²) < 4.78 is 23.9. The number of ether oxygens (including phenoxy) is 2. The average molecular weight is 303 g/mol. The molecule has 0 aliphatic carbocycles. The predicted octanol–water partition coefficient (Wildman–Crippen LogP) is 3.41. The fourth-order valence-electron chi connectivity index (χ4n) is 2.10. The van der Waals surface area contributed by atoms with Crippen LogP contribution in [0.25, 0.3) is 0 Å². The summed E-state index contributed by atoms with van der Waals surface area (Å²) in [5.74, 6) is 0.689. The maximum absolute atomic E-state index is 13.5. The molecule has 0 saturated heterocycles. The molecule has 0 bridgehead atoms. The topological polar surface area (TPSA) is 47.6 Å². The molecule has 1 amide bonds. The van der Waals surface area contributed by atoms with E-state index in [-0.39, 0.29) is 18.0 Å². The lowest BCUT2D eigenvalue weighted by Gasteiger charge is -2.11. The van der Waals surface area contributed by atoms with Crippen molar-refractivity contribution in [3.8, 4) is 11.5 Å². The van der Waals surface area contributed by atoms with Gasteiger partial charge in [-0.2, -0.15) is 0 Å². The van der Waals surface area contributed by atoms with E-state index in [9.17, 15) is 9.18 Å². The van der Waals surface area contributed by atoms with E-state index in [0.29, 0.717) is 17.9 Å². The molecule has 0 aliphatic heterocycles. The number of aryl methyl sites for hydroxylation is 1. The van der Waals surface area contributed by atoms with E-state index in [1.165, 1.54) is 12.1 Å². The van der Waals surface area contributed by atoms with Crippen LogP contribution in [0.4, 0.5) is 10.1 Å². The van der Waals surface area contributed by atoms with E-state index in [1.54, 1.807) is 38.5 Å². The van der Waals surface area contributed by atoms with Gasteiger partial charge in [0.1, 0.15) is 17.3 Å². The monoisotopic (exact) mass is 303 g/mol. The number of rotatable bonds is 6. The molecule has 0 heterocycles. The first-order valence-corrected chi connectivity index (χ1v) is 6.89. The van der Waals surface area contributed by atoms with Gasteiger partial charge in [-0.25, -0.2) is 4.39 Å². The number of anilines is 1. The summed E-state index contributed by atoms with van der Waals surface area (Å²) in [5, 5.41) is 2.56. The molecule has 22 heavy (non-hydrogen) atoms. The Labute approximate surface area is 128 Å². The van der Waals surface area contributed by atoms with Gasteiger partial charge in [-0.3, -0.25) is 4.79 Å². The fraction of sp³-hybridized carbons (Fsp3) is 0.235. The summed E-state index contributed by atoms with van der Waals surface area (Å²) in [7, 11) is 3.15. The highest BCUT2D eigenvalue weighted by Gasteiger charge is 2.10. The first-order chi connectivity index (χ1) is 10.6. The molecule has 2 rings (SSSR count). The summed E-state index contributed by atoms with van der Waals surface area (Å²) >= 11 is 0. The molecule has 0 radical (unpaired) electrons. The Kier molecular flexibility index (Phi) is 5.36. The highest BCUT2D eigenvalue weighted by Crippen LogP contribution is 2.25. The third-order valence-corrected chi connectivity index (χ3v) is 3.26. The number of nitrogens with one attached hydrogen (secondary N) is 1. The van der Waals surface area contributed by atoms with Crippen LogP contribution < -0.4 is 14.8 Å². The maximum Gasteiger partial charge on any atom is 0.224 e. The second kappa shape index (κ2) is 7.45. The molecule has 0 fully saturated rings. The van der Waals surface area contributed by atoms with Gasteiger partial charge in [-0.1, -0.05) is 12.1 Å². The highest BCUT2D eigenvalue weighted by atomic mass is 19.1. The van der Waals surface area contributed by atoms with Crippen LogP contribution in [0.5, 0.6) is 11.5 Å². The van der Waals surface area contributed by atoms with Crippen LogP contribution >= 0.6 is 0 Å². The molecule has 2 aromatic carbocycles. The number of carbonyl (C=O) groups excluding carboxylic acids is 1. The van der Waals surface area contributed by atoms with Crippen LogP contribution in [-0.2, 0) is 11.2 Å². The minimum absolute atomic E-state index is 0.185. The first-order valence-electron chi connectivity index (χ1n) is 6.89. The van der Waals surface area contributed by atoms with Gasteiger partial charge in [-0.05, 0) is 42.3 Å². The van der Waals surface area contributed by atoms with E-state index in [0.717, 1.165) is 5.56 Å². The Morgan fingerprint density at radius 2 is 1.91 bits per heavy atom. The van der Waals surface area contributed by atoms with Crippen molar-refractivity contribution < 1.29 is 18.7 Å². The molecule has 0 saturated carbocycles. The number of halogens is 1. The minimum atomic E-state index is -0.449. The molecule has 5 heteroatoms. The Morgan fingerprint density at radius 3 is 2.59 bits per heavy atom. The Balaban J connectivity index is 2.00. The highest BCUT2D eigenvalue weighted by molar-refractivity contribution is 5.90. The van der Waals surface area contributed by atoms with Gasteiger partial charge in [-0.15, -0.1) is 0 Å². The molecule has 0 atom stereocenters. The number of amides is 1. The largest absolute Gasteiger partial charge is 0.497 e. The molecule has 4 nitrogen and oxygen atoms in total. The van der Waals surface area contributed by atoms with Gasteiger partial charge in [0.05, 0.1) is 19.9 Å². The summed E-state index contributed by atoms with van der Waals surface area (Å²) in [6.45, 7) is 0. The van der Waals surface area contributed by atoms with Crippen molar-refractivity contribution in [2.24, 2.45) is 0 Å². The molecular weight excluding hydrogens is 285 g/mol. The van der Waals surface area contributed by atoms with Crippen LogP contribution in [0.15, 0.2) is 42.5 Å². The standard InChI is InChI=1S/C17H18FNO3/c1-21-13-8-9-16(22-2)12(11-13)7-10-17(20)19-15-6-4-3-5-14(15)18/h3-6,8-9,11H,7,10H2,1-2H3,(H,19,20). The van der Waals surface area contributed by atoms with E-state index >= 15 is 0 Å². The van der Waals surface area contributed by atoms with Crippen molar-refractivity contribution in [2.75, 3.05) is 19.5 Å². The molecule has 0 aromatic heterocycles. The van der Waals surface area contributed by atoms with Crippen LogP contribution in [0.2, 0.25) is 0 Å². The quantitative estimate of drug-likeness (QED) is 0.889. The molecule has 2 aromatic rings. The van der Waals surface area contributed by atoms with Crippen molar-refractivity contribution in [1.82, 2.24) is 0 Å². The molecule has 0 unspecified atom stereocenters. The van der Waals surface area contributed by atoms with Gasteiger partial charge in [0.15, 0.2) is 0 Å². The molecule has 0 spiro atoms. The smallest absolute Gasteiger partial charge is 0.224 e. The fourth-order valence-corrected chi connectivity index (χ4v) is 2.10. The van der Waals surface area contributed by atoms with Crippen molar-refractivity contribution in [1.29, 1.82) is 0 Å². The second-order valence-electron chi connectivity index (χ2n) is 4.71. The van der Waals surface area contributed by atoms with Crippen LogP contribution in [0.3, 0.4) is 0 Å². The predicted molar refractivity (Wildman–Crippen MR) is 82.9 cm³/mol. The minimum Gasteiger partial charge on any atom is -0.497 e. The van der Waals surface area contributed by atoms with Crippen LogP contribution in [0.1, 0.15) is 12.0 Å². The van der Waals surface area contributed by atoms with Crippen molar-refractivity contribution >= 4 is 11.6 Å². The number of hydrogen-bond acceptors (Lipinski definition) is 3. The Hall–Kier alpha value is -2.56. The third kappa shape index (κ3) is 3.97. The lowest BCUT2D eigenvalue weighted by Crippen LogP contribution is -2.13. The maximum atomic E-state index is 13.5. The molecule has 1 N–H and O–H groups in total. The van der Waals surface area contributed by atoms with Crippen molar-refractivity contribution in [3.05, 3.63) is 53.8 Å². The number of methoxy groups -OCH3 is 2. The average Bonchev–Trinajstić information content (AvgIpc) is 2.54. The van der Waals surface area contributed by atoms with Crippen LogP contribution in [-0.4, -0.2) is 20.1 Å². The Bertz CT molecular complexity index is 658. The van der Waals surface area contributed by atoms with Gasteiger partial charge >= 0.3 is 0 Å². The summed E-state index contributed by atoms with van der Waals surface area (Å²) in [4.78, 5) is 11.9. The van der Waals surface area contributed by atoms with Gasteiger partial charge in [0.2, 0.25) is 5.91 Å². The second-order valence-corrected chi connectivity index (χ2v) is 4.71. The zero-order chi connectivity index (χ0) is 15.9. The number of benzene rings is 2.